The fraction of sp³-hybridized carbons (Fsp3) is 0.130. The maximum atomic E-state index is 12.2. The van der Waals surface area contributed by atoms with Crippen LogP contribution in [0, 0.1) is 6.92 Å². The summed E-state index contributed by atoms with van der Waals surface area (Å²) >= 11 is 7.47. The Morgan fingerprint density at radius 2 is 1.63 bits per heavy atom. The first-order chi connectivity index (χ1) is 14.5. The second-order valence-corrected chi connectivity index (χ2v) is 7.93. The molecule has 0 aliphatic heterocycles. The number of hydrogen-bond donors (Lipinski definition) is 2. The molecule has 0 atom stereocenters. The van der Waals surface area contributed by atoms with Gasteiger partial charge in [-0.2, -0.15) is 0 Å². The number of hydrogen-bond acceptors (Lipinski definition) is 4. The van der Waals surface area contributed by atoms with Crippen LogP contribution in [0.4, 0.5) is 11.4 Å². The van der Waals surface area contributed by atoms with E-state index in [0.717, 1.165) is 10.5 Å². The van der Waals surface area contributed by atoms with Gasteiger partial charge in [0.05, 0.1) is 5.75 Å². The van der Waals surface area contributed by atoms with Crippen LogP contribution in [0.2, 0.25) is 5.02 Å². The molecule has 2 N–H and O–H groups in total. The molecule has 0 spiro atoms. The average Bonchev–Trinajstić information content (AvgIpc) is 2.74. The lowest BCUT2D eigenvalue weighted by Crippen LogP contribution is -2.20. The summed E-state index contributed by atoms with van der Waals surface area (Å²) in [6.07, 6.45) is 0. The number of halogens is 1. The first-order valence-corrected chi connectivity index (χ1v) is 10.6. The number of rotatable bonds is 8. The number of anilines is 2. The Kier molecular flexibility index (Phi) is 7.76. The minimum Gasteiger partial charge on any atom is -0.484 e. The summed E-state index contributed by atoms with van der Waals surface area (Å²) in [4.78, 5) is 25.2. The average molecular weight is 441 g/mol. The van der Waals surface area contributed by atoms with Gasteiger partial charge in [-0.15, -0.1) is 11.8 Å². The minimum atomic E-state index is -0.255. The van der Waals surface area contributed by atoms with Crippen molar-refractivity contribution in [2.45, 2.75) is 11.8 Å². The zero-order chi connectivity index (χ0) is 21.3. The Balaban J connectivity index is 1.48. The molecule has 0 fully saturated rings. The molecule has 3 aromatic rings. The number of thioether (sulfide) groups is 1. The van der Waals surface area contributed by atoms with Crippen molar-refractivity contribution in [1.29, 1.82) is 0 Å². The van der Waals surface area contributed by atoms with E-state index in [1.165, 1.54) is 11.8 Å². The Bertz CT molecular complexity index is 1030. The second-order valence-electron chi connectivity index (χ2n) is 6.48. The number of para-hydroxylation sites is 1. The number of benzene rings is 3. The molecule has 2 amide bonds. The highest BCUT2D eigenvalue weighted by molar-refractivity contribution is 8.00. The molecule has 0 heterocycles. The minimum absolute atomic E-state index is 0.0805. The zero-order valence-corrected chi connectivity index (χ0v) is 17.9. The first kappa shape index (κ1) is 21.7. The number of amides is 2. The smallest absolute Gasteiger partial charge is 0.262 e. The molecule has 0 saturated carbocycles. The van der Waals surface area contributed by atoms with Crippen LogP contribution in [-0.2, 0) is 9.59 Å². The molecule has 0 unspecified atom stereocenters. The van der Waals surface area contributed by atoms with E-state index in [9.17, 15) is 9.59 Å². The maximum Gasteiger partial charge on any atom is 0.262 e. The van der Waals surface area contributed by atoms with Crippen LogP contribution in [0.1, 0.15) is 5.56 Å². The van der Waals surface area contributed by atoms with Gasteiger partial charge < -0.3 is 15.4 Å². The SMILES string of the molecule is Cc1ccc(NC(=O)CSc2cccc(NC(=O)COc3ccccc3)c2)cc1Cl. The van der Waals surface area contributed by atoms with Gasteiger partial charge in [0.2, 0.25) is 5.91 Å². The molecule has 0 aliphatic carbocycles. The molecule has 0 radical (unpaired) electrons. The van der Waals surface area contributed by atoms with Gasteiger partial charge in [0, 0.05) is 21.3 Å². The van der Waals surface area contributed by atoms with Gasteiger partial charge >= 0.3 is 0 Å². The van der Waals surface area contributed by atoms with Crippen LogP contribution < -0.4 is 15.4 Å². The van der Waals surface area contributed by atoms with Gasteiger partial charge in [-0.3, -0.25) is 9.59 Å². The first-order valence-electron chi connectivity index (χ1n) is 9.26. The van der Waals surface area contributed by atoms with Crippen molar-refractivity contribution in [3.8, 4) is 5.75 Å². The Hall–Kier alpha value is -2.96. The van der Waals surface area contributed by atoms with Crippen molar-refractivity contribution in [2.24, 2.45) is 0 Å². The summed E-state index contributed by atoms with van der Waals surface area (Å²) in [5.41, 5.74) is 2.26. The maximum absolute atomic E-state index is 12.2. The van der Waals surface area contributed by atoms with Crippen LogP contribution in [0.25, 0.3) is 0 Å². The highest BCUT2D eigenvalue weighted by Gasteiger charge is 2.08. The molecule has 0 bridgehead atoms. The third-order valence-electron chi connectivity index (χ3n) is 4.06. The zero-order valence-electron chi connectivity index (χ0n) is 16.4. The number of ether oxygens (including phenoxy) is 1. The number of aryl methyl sites for hydroxylation is 1. The van der Waals surface area contributed by atoms with Gasteiger partial charge in [0.15, 0.2) is 6.61 Å². The van der Waals surface area contributed by atoms with Gasteiger partial charge in [-0.05, 0) is 55.0 Å². The predicted molar refractivity (Wildman–Crippen MR) is 123 cm³/mol. The van der Waals surface area contributed by atoms with Crippen molar-refractivity contribution in [2.75, 3.05) is 23.0 Å². The van der Waals surface area contributed by atoms with E-state index in [4.69, 9.17) is 16.3 Å². The molecule has 0 saturated heterocycles. The largest absolute Gasteiger partial charge is 0.484 e. The lowest BCUT2D eigenvalue weighted by molar-refractivity contribution is -0.118. The van der Waals surface area contributed by atoms with Crippen LogP contribution in [0.5, 0.6) is 5.75 Å². The van der Waals surface area contributed by atoms with E-state index >= 15 is 0 Å². The van der Waals surface area contributed by atoms with Crippen molar-refractivity contribution < 1.29 is 14.3 Å². The molecule has 3 aromatic carbocycles. The Morgan fingerprint density at radius 1 is 0.900 bits per heavy atom. The van der Waals surface area contributed by atoms with Crippen LogP contribution in [0.3, 0.4) is 0 Å². The van der Waals surface area contributed by atoms with Crippen molar-refractivity contribution in [3.63, 3.8) is 0 Å². The highest BCUT2D eigenvalue weighted by atomic mass is 35.5. The normalized spacial score (nSPS) is 10.3. The van der Waals surface area contributed by atoms with Crippen molar-refractivity contribution >= 4 is 46.6 Å². The standard InChI is InChI=1S/C23H21ClN2O3S/c1-16-10-11-18(13-21(16)24)26-23(28)15-30-20-9-5-6-17(12-20)25-22(27)14-29-19-7-3-2-4-8-19/h2-13H,14-15H2,1H3,(H,25,27)(H,26,28). The number of nitrogens with one attached hydrogen (secondary N) is 2. The third kappa shape index (κ3) is 6.83. The fourth-order valence-corrected chi connectivity index (χ4v) is 3.48. The van der Waals surface area contributed by atoms with E-state index in [1.807, 2.05) is 55.5 Å². The molecular weight excluding hydrogens is 420 g/mol. The molecule has 0 aromatic heterocycles. The monoisotopic (exact) mass is 440 g/mol. The van der Waals surface area contributed by atoms with E-state index in [1.54, 1.807) is 24.3 Å². The highest BCUT2D eigenvalue weighted by Crippen LogP contribution is 2.23. The van der Waals surface area contributed by atoms with Crippen LogP contribution in [0.15, 0.2) is 77.7 Å². The second kappa shape index (κ2) is 10.7. The van der Waals surface area contributed by atoms with E-state index in [0.29, 0.717) is 22.1 Å². The number of carbonyl (C=O) groups is 2. The topological polar surface area (TPSA) is 67.4 Å². The Labute approximate surface area is 184 Å². The molecular formula is C23H21ClN2O3S. The van der Waals surface area contributed by atoms with Gasteiger partial charge in [-0.25, -0.2) is 0 Å². The summed E-state index contributed by atoms with van der Waals surface area (Å²) in [5, 5.41) is 6.24. The summed E-state index contributed by atoms with van der Waals surface area (Å²) < 4.78 is 5.44. The van der Waals surface area contributed by atoms with Gasteiger partial charge in [-0.1, -0.05) is 41.9 Å². The van der Waals surface area contributed by atoms with E-state index in [2.05, 4.69) is 10.6 Å². The fourth-order valence-electron chi connectivity index (χ4n) is 2.54. The van der Waals surface area contributed by atoms with Gasteiger partial charge in [0.25, 0.3) is 5.91 Å². The predicted octanol–water partition coefficient (Wildman–Crippen LogP) is 5.40. The summed E-state index contributed by atoms with van der Waals surface area (Å²) in [7, 11) is 0. The molecule has 154 valence electrons. The van der Waals surface area contributed by atoms with Crippen LogP contribution >= 0.6 is 23.4 Å². The van der Waals surface area contributed by atoms with Crippen LogP contribution in [-0.4, -0.2) is 24.2 Å². The summed E-state index contributed by atoms with van der Waals surface area (Å²) in [6.45, 7) is 1.83. The Morgan fingerprint density at radius 3 is 2.40 bits per heavy atom. The number of carbonyl (C=O) groups excluding carboxylic acids is 2. The quantitative estimate of drug-likeness (QED) is 0.460. The molecule has 3 rings (SSSR count). The summed E-state index contributed by atoms with van der Waals surface area (Å²) in [6, 6.07) is 21.9. The van der Waals surface area contributed by atoms with Crippen molar-refractivity contribution in [3.05, 3.63) is 83.4 Å². The van der Waals surface area contributed by atoms with E-state index < -0.39 is 0 Å². The third-order valence-corrected chi connectivity index (χ3v) is 5.46. The molecule has 5 nitrogen and oxygen atoms in total. The van der Waals surface area contributed by atoms with Gasteiger partial charge in [0.1, 0.15) is 5.75 Å². The lowest BCUT2D eigenvalue weighted by atomic mass is 10.2. The van der Waals surface area contributed by atoms with Crippen molar-refractivity contribution in [1.82, 2.24) is 0 Å². The van der Waals surface area contributed by atoms with E-state index in [-0.39, 0.29) is 24.2 Å². The summed E-state index contributed by atoms with van der Waals surface area (Å²) in [5.74, 6) is 0.485. The molecule has 0 aliphatic rings. The lowest BCUT2D eigenvalue weighted by Gasteiger charge is -2.09. The molecule has 7 heteroatoms. The molecule has 30 heavy (non-hydrogen) atoms.